The summed E-state index contributed by atoms with van der Waals surface area (Å²) in [6.45, 7) is 0.893. The van der Waals surface area contributed by atoms with Crippen LogP contribution in [0.15, 0.2) is 94.0 Å². The number of hydrogen-bond acceptors (Lipinski definition) is 12. The second-order valence-corrected chi connectivity index (χ2v) is 19.0. The van der Waals surface area contributed by atoms with Crippen molar-refractivity contribution in [2.24, 2.45) is 17.6 Å². The summed E-state index contributed by atoms with van der Waals surface area (Å²) in [4.78, 5) is 33.0. The quantitative estimate of drug-likeness (QED) is 0.0945. The number of alkyl halides is 8. The zero-order valence-electron chi connectivity index (χ0n) is 40.1. The number of carboxylic acids is 2. The molecule has 2 aliphatic heterocycles. The van der Waals surface area contributed by atoms with E-state index in [0.29, 0.717) is 30.4 Å². The summed E-state index contributed by atoms with van der Waals surface area (Å²) in [5.41, 5.74) is 6.05. The molecule has 2 saturated heterocycles. The topological polar surface area (TPSA) is 197 Å². The van der Waals surface area contributed by atoms with Crippen LogP contribution in [0.5, 0.6) is 0 Å². The van der Waals surface area contributed by atoms with Crippen molar-refractivity contribution in [3.05, 3.63) is 102 Å². The SMILES string of the molecule is Fc1ccc(-c2nc(-c3ccc(N4CCC(F)CC4)c(C(F)(F)F)c3)no2)cc1.N[C@@H]1CC[C@@H](C(=O)O)C1.O=C(O)[C@@H]1CC[C@@H](Nc2ccc(-c3nc(-c4ccc(N5CCC(F)CC5)c(C(F)(F)F)c4)no3)cc2)C1. The monoisotopic (exact) mass is 1060 g/mol. The third-order valence-corrected chi connectivity index (χ3v) is 13.7. The van der Waals surface area contributed by atoms with Crippen molar-refractivity contribution in [1.29, 1.82) is 0 Å². The highest BCUT2D eigenvalue weighted by atomic mass is 19.4. The zero-order valence-corrected chi connectivity index (χ0v) is 40.1. The lowest BCUT2D eigenvalue weighted by atomic mass is 10.0. The normalized spacial score (nSPS) is 20.5. The Morgan fingerprint density at radius 2 is 0.987 bits per heavy atom. The predicted octanol–water partition coefficient (Wildman–Crippen LogP) is 11.7. The number of benzene rings is 4. The van der Waals surface area contributed by atoms with Crippen LogP contribution in [0.4, 0.5) is 56.6 Å². The number of nitrogens with zero attached hydrogens (tertiary/aromatic N) is 6. The number of rotatable bonds is 10. The van der Waals surface area contributed by atoms with Crippen LogP contribution in [-0.2, 0) is 21.9 Å². The van der Waals surface area contributed by atoms with E-state index in [1.54, 1.807) is 21.9 Å². The van der Waals surface area contributed by atoms with E-state index in [-0.39, 0.29) is 122 Å². The Kier molecular flexibility index (Phi) is 16.7. The first-order valence-electron chi connectivity index (χ1n) is 24.4. The molecule has 4 fully saturated rings. The van der Waals surface area contributed by atoms with E-state index in [4.69, 9.17) is 25.0 Å². The first-order chi connectivity index (χ1) is 35.7. The number of anilines is 3. The van der Waals surface area contributed by atoms with Crippen molar-refractivity contribution in [2.45, 2.75) is 101 Å². The molecular weight excluding hydrogens is 1000 g/mol. The van der Waals surface area contributed by atoms with Gasteiger partial charge >= 0.3 is 24.3 Å². The molecule has 2 saturated carbocycles. The molecule has 6 aromatic rings. The summed E-state index contributed by atoms with van der Waals surface area (Å²) in [6.07, 6.45) is -6.09. The Bertz CT molecular complexity index is 2880. The maximum absolute atomic E-state index is 13.9. The molecule has 0 unspecified atom stereocenters. The zero-order chi connectivity index (χ0) is 53.6. The van der Waals surface area contributed by atoms with E-state index in [1.807, 2.05) is 12.1 Å². The molecule has 4 heterocycles. The highest BCUT2D eigenvalue weighted by molar-refractivity contribution is 5.72. The van der Waals surface area contributed by atoms with Gasteiger partial charge in [0.05, 0.1) is 23.0 Å². The lowest BCUT2D eigenvalue weighted by Gasteiger charge is -2.32. The van der Waals surface area contributed by atoms with Gasteiger partial charge in [-0.05, 0) is 149 Å². The first kappa shape index (κ1) is 54.1. The number of aliphatic carboxylic acids is 2. The van der Waals surface area contributed by atoms with Crippen molar-refractivity contribution in [1.82, 2.24) is 20.3 Å². The van der Waals surface area contributed by atoms with Crippen LogP contribution < -0.4 is 20.9 Å². The average Bonchev–Trinajstić information content (AvgIpc) is 4.24. The molecule has 4 atom stereocenters. The number of nitrogens with two attached hydrogens (primary N) is 1. The van der Waals surface area contributed by atoms with E-state index in [1.165, 1.54) is 48.5 Å². The van der Waals surface area contributed by atoms with Crippen molar-refractivity contribution in [2.75, 3.05) is 41.3 Å². The smallest absolute Gasteiger partial charge is 0.418 e. The molecule has 23 heteroatoms. The predicted molar refractivity (Wildman–Crippen MR) is 258 cm³/mol. The van der Waals surface area contributed by atoms with Crippen LogP contribution in [0.25, 0.3) is 45.7 Å². The highest BCUT2D eigenvalue weighted by Crippen LogP contribution is 2.42. The molecule has 2 aromatic heterocycles. The number of piperidine rings is 2. The van der Waals surface area contributed by atoms with Crippen LogP contribution in [0.2, 0.25) is 0 Å². The molecule has 75 heavy (non-hydrogen) atoms. The molecule has 4 aromatic carbocycles. The highest BCUT2D eigenvalue weighted by Gasteiger charge is 2.38. The number of halogens is 9. The van der Waals surface area contributed by atoms with E-state index in [2.05, 4.69) is 25.6 Å². The second kappa shape index (κ2) is 23.2. The molecule has 14 nitrogen and oxygen atoms in total. The molecule has 5 N–H and O–H groups in total. The van der Waals surface area contributed by atoms with Gasteiger partial charge in [0.1, 0.15) is 18.2 Å². The molecule has 400 valence electrons. The number of aromatic nitrogens is 4. The van der Waals surface area contributed by atoms with Crippen molar-refractivity contribution in [3.63, 3.8) is 0 Å². The van der Waals surface area contributed by atoms with Gasteiger partial charge in [0, 0.05) is 77.6 Å². The van der Waals surface area contributed by atoms with Gasteiger partial charge in [0.25, 0.3) is 11.8 Å². The minimum Gasteiger partial charge on any atom is -0.481 e. The van der Waals surface area contributed by atoms with Crippen LogP contribution in [0.3, 0.4) is 0 Å². The van der Waals surface area contributed by atoms with Gasteiger partial charge in [-0.25, -0.2) is 13.2 Å². The lowest BCUT2D eigenvalue weighted by Crippen LogP contribution is -2.35. The van der Waals surface area contributed by atoms with Gasteiger partial charge in [-0.3, -0.25) is 9.59 Å². The number of nitrogens with one attached hydrogen (secondary N) is 1. The lowest BCUT2D eigenvalue weighted by molar-refractivity contribution is -0.142. The fourth-order valence-electron chi connectivity index (χ4n) is 9.56. The van der Waals surface area contributed by atoms with Gasteiger partial charge in [-0.1, -0.05) is 10.3 Å². The van der Waals surface area contributed by atoms with Gasteiger partial charge in [0.15, 0.2) is 0 Å². The Hall–Kier alpha value is -7.17. The summed E-state index contributed by atoms with van der Waals surface area (Å²) < 4.78 is 133. The second-order valence-electron chi connectivity index (χ2n) is 19.0. The van der Waals surface area contributed by atoms with Gasteiger partial charge in [-0.2, -0.15) is 36.3 Å². The molecule has 0 radical (unpaired) electrons. The van der Waals surface area contributed by atoms with E-state index >= 15 is 0 Å². The van der Waals surface area contributed by atoms with Crippen molar-refractivity contribution >= 4 is 29.0 Å². The van der Waals surface area contributed by atoms with Crippen LogP contribution in [0.1, 0.15) is 75.3 Å². The Morgan fingerprint density at radius 1 is 0.573 bits per heavy atom. The third kappa shape index (κ3) is 13.8. The number of carboxylic acid groups (broad SMARTS) is 2. The van der Waals surface area contributed by atoms with E-state index in [0.717, 1.165) is 37.1 Å². The summed E-state index contributed by atoms with van der Waals surface area (Å²) >= 11 is 0. The first-order valence-corrected chi connectivity index (χ1v) is 24.4. The van der Waals surface area contributed by atoms with Crippen LogP contribution >= 0.6 is 0 Å². The summed E-state index contributed by atoms with van der Waals surface area (Å²) in [7, 11) is 0. The Labute approximate surface area is 424 Å². The summed E-state index contributed by atoms with van der Waals surface area (Å²) in [5.74, 6) is -2.14. The molecule has 4 aliphatic rings. The van der Waals surface area contributed by atoms with Crippen molar-refractivity contribution in [3.8, 4) is 45.7 Å². The minimum absolute atomic E-state index is 0.00963. The molecule has 2 aliphatic carbocycles. The van der Waals surface area contributed by atoms with Gasteiger partial charge < -0.3 is 40.1 Å². The summed E-state index contributed by atoms with van der Waals surface area (Å²) in [5, 5.41) is 28.6. The molecule has 0 amide bonds. The van der Waals surface area contributed by atoms with E-state index in [9.17, 15) is 49.1 Å². The number of carbonyl (C=O) groups is 2. The largest absolute Gasteiger partial charge is 0.481 e. The fraction of sp³-hybridized carbons (Fsp3) is 0.423. The Morgan fingerprint density at radius 3 is 1.37 bits per heavy atom. The van der Waals surface area contributed by atoms with Gasteiger partial charge in [-0.15, -0.1) is 0 Å². The van der Waals surface area contributed by atoms with Crippen LogP contribution in [0, 0.1) is 17.7 Å². The summed E-state index contributed by atoms with van der Waals surface area (Å²) in [6, 6.07) is 20.3. The van der Waals surface area contributed by atoms with Crippen LogP contribution in [-0.4, -0.2) is 93.0 Å². The molecule has 0 bridgehead atoms. The third-order valence-electron chi connectivity index (χ3n) is 13.7. The van der Waals surface area contributed by atoms with E-state index < -0.39 is 53.6 Å². The maximum atomic E-state index is 13.9. The fourth-order valence-corrected chi connectivity index (χ4v) is 9.56. The van der Waals surface area contributed by atoms with Gasteiger partial charge in [0.2, 0.25) is 11.6 Å². The molecular formula is C52H53F9N8O6. The van der Waals surface area contributed by atoms with Crippen molar-refractivity contribution < 1.29 is 68.4 Å². The number of hydrogen-bond donors (Lipinski definition) is 4. The maximum Gasteiger partial charge on any atom is 0.418 e. The molecule has 0 spiro atoms. The molecule has 10 rings (SSSR count). The Balaban J connectivity index is 0.000000174. The minimum atomic E-state index is -4.60. The standard InChI is InChI=1S/C26H26F4N4O3.C20H16F5N3O.C6H11NO2/c27-18-9-11-34(12-10-18)22-8-4-16(14-21(22)26(28,29)30)23-32-24(37-33-23)15-1-5-19(6-2-15)31-20-7-3-17(13-20)25(35)36;21-14-4-1-12(2-5-14)19-26-18(27-29-19)13-3-6-17(16(11-13)20(23,24)25)28-9-7-15(22)8-10-28;7-5-2-1-4(3-5)6(8)9/h1-2,4-6,8,14,17-18,20,31H,3,7,9-13H2,(H,35,36);1-6,11,15H,7-10H2;4-5H,1-3,7H2,(H,8,9)/t17-,20-;;4-,5-/m1.1/s1. The average molecular weight is 1060 g/mol.